The van der Waals surface area contributed by atoms with Crippen molar-refractivity contribution in [1.29, 1.82) is 0 Å². The Labute approximate surface area is 190 Å². The van der Waals surface area contributed by atoms with Crippen molar-refractivity contribution in [2.75, 3.05) is 13.2 Å². The van der Waals surface area contributed by atoms with Crippen LogP contribution in [0.5, 0.6) is 0 Å². The van der Waals surface area contributed by atoms with Crippen LogP contribution >= 0.6 is 0 Å². The molecule has 0 saturated carbocycles. The Morgan fingerprint density at radius 2 is 1.72 bits per heavy atom. The second-order valence-electron chi connectivity index (χ2n) is 8.25. The molecule has 2 aromatic rings. The first-order valence-corrected chi connectivity index (χ1v) is 11.2. The molecular formula is C26H32N2O4. The minimum atomic E-state index is -1.19. The summed E-state index contributed by atoms with van der Waals surface area (Å²) in [6.45, 7) is 4.68. The SMILES string of the molecule is CCOC(=O)C1(Cc2ccccc2)C=C(CC(C)CNC(=O)CCc2ccccc2)NO1. The topological polar surface area (TPSA) is 76.7 Å². The molecule has 2 unspecified atom stereocenters. The summed E-state index contributed by atoms with van der Waals surface area (Å²) >= 11 is 0. The van der Waals surface area contributed by atoms with Gasteiger partial charge in [0.1, 0.15) is 0 Å². The van der Waals surface area contributed by atoms with Crippen molar-refractivity contribution in [3.63, 3.8) is 0 Å². The van der Waals surface area contributed by atoms with Gasteiger partial charge in [-0.25, -0.2) is 4.79 Å². The first kappa shape index (κ1) is 23.5. The first-order valence-electron chi connectivity index (χ1n) is 11.2. The number of ether oxygens (including phenoxy) is 1. The number of hydrogen-bond acceptors (Lipinski definition) is 5. The molecule has 0 aliphatic carbocycles. The molecule has 2 atom stereocenters. The lowest BCUT2D eigenvalue weighted by Gasteiger charge is -2.23. The Morgan fingerprint density at radius 3 is 2.38 bits per heavy atom. The number of benzene rings is 2. The summed E-state index contributed by atoms with van der Waals surface area (Å²) < 4.78 is 5.29. The van der Waals surface area contributed by atoms with E-state index in [0.29, 0.717) is 25.8 Å². The zero-order valence-corrected chi connectivity index (χ0v) is 18.8. The minimum absolute atomic E-state index is 0.0373. The highest BCUT2D eigenvalue weighted by molar-refractivity contribution is 5.83. The number of carbonyl (C=O) groups is 2. The Hall–Kier alpha value is -3.12. The number of nitrogens with one attached hydrogen (secondary N) is 2. The van der Waals surface area contributed by atoms with Crippen LogP contribution in [-0.4, -0.2) is 30.6 Å². The lowest BCUT2D eigenvalue weighted by Crippen LogP contribution is -2.42. The predicted octanol–water partition coefficient (Wildman–Crippen LogP) is 3.72. The van der Waals surface area contributed by atoms with Crippen LogP contribution in [0, 0.1) is 5.92 Å². The van der Waals surface area contributed by atoms with E-state index in [1.807, 2.05) is 66.7 Å². The molecule has 0 radical (unpaired) electrons. The van der Waals surface area contributed by atoms with Crippen LogP contribution < -0.4 is 10.8 Å². The highest BCUT2D eigenvalue weighted by Crippen LogP contribution is 2.29. The van der Waals surface area contributed by atoms with Gasteiger partial charge in [-0.15, -0.1) is 0 Å². The highest BCUT2D eigenvalue weighted by Gasteiger charge is 2.44. The number of carbonyl (C=O) groups excluding carboxylic acids is 2. The van der Waals surface area contributed by atoms with Gasteiger partial charge in [0.25, 0.3) is 0 Å². The third kappa shape index (κ3) is 6.69. The van der Waals surface area contributed by atoms with E-state index in [2.05, 4.69) is 17.7 Å². The maximum atomic E-state index is 12.7. The van der Waals surface area contributed by atoms with Crippen LogP contribution in [0.15, 0.2) is 72.4 Å². The van der Waals surface area contributed by atoms with E-state index in [1.54, 1.807) is 6.92 Å². The Morgan fingerprint density at radius 1 is 1.06 bits per heavy atom. The van der Waals surface area contributed by atoms with E-state index < -0.39 is 11.6 Å². The number of amides is 1. The fraction of sp³-hybridized carbons (Fsp3) is 0.385. The zero-order chi connectivity index (χ0) is 22.8. The zero-order valence-electron chi connectivity index (χ0n) is 18.8. The molecule has 2 N–H and O–H groups in total. The molecule has 6 nitrogen and oxygen atoms in total. The van der Waals surface area contributed by atoms with Crippen LogP contribution in [0.2, 0.25) is 0 Å². The summed E-state index contributed by atoms with van der Waals surface area (Å²) in [6.07, 6.45) is 4.04. The molecule has 1 heterocycles. The molecule has 170 valence electrons. The number of rotatable bonds is 11. The normalized spacial score (nSPS) is 18.4. The molecule has 1 aliphatic rings. The van der Waals surface area contributed by atoms with E-state index >= 15 is 0 Å². The molecule has 0 bridgehead atoms. The summed E-state index contributed by atoms with van der Waals surface area (Å²) in [7, 11) is 0. The highest BCUT2D eigenvalue weighted by atomic mass is 16.7. The van der Waals surface area contributed by atoms with Crippen LogP contribution in [0.1, 0.15) is 37.8 Å². The van der Waals surface area contributed by atoms with E-state index in [9.17, 15) is 9.59 Å². The van der Waals surface area contributed by atoms with Gasteiger partial charge >= 0.3 is 5.97 Å². The molecule has 0 saturated heterocycles. The fourth-order valence-corrected chi connectivity index (χ4v) is 3.74. The van der Waals surface area contributed by atoms with Crippen LogP contribution in [0.25, 0.3) is 0 Å². The second-order valence-corrected chi connectivity index (χ2v) is 8.25. The summed E-state index contributed by atoms with van der Waals surface area (Å²) in [6, 6.07) is 19.7. The largest absolute Gasteiger partial charge is 0.464 e. The second kappa shape index (κ2) is 11.5. The minimum Gasteiger partial charge on any atom is -0.464 e. The lowest BCUT2D eigenvalue weighted by molar-refractivity contribution is -0.168. The van der Waals surface area contributed by atoms with Gasteiger partial charge in [0.05, 0.1) is 6.61 Å². The molecule has 0 spiro atoms. The molecule has 1 amide bonds. The third-order valence-corrected chi connectivity index (χ3v) is 5.40. The molecule has 0 fully saturated rings. The van der Waals surface area contributed by atoms with Crippen molar-refractivity contribution in [1.82, 2.24) is 10.8 Å². The quantitative estimate of drug-likeness (QED) is 0.525. The predicted molar refractivity (Wildman–Crippen MR) is 123 cm³/mol. The van der Waals surface area contributed by atoms with Gasteiger partial charge in [-0.2, -0.15) is 0 Å². The monoisotopic (exact) mass is 436 g/mol. The van der Waals surface area contributed by atoms with Crippen molar-refractivity contribution < 1.29 is 19.2 Å². The van der Waals surface area contributed by atoms with Crippen molar-refractivity contribution in [2.45, 2.75) is 45.1 Å². The van der Waals surface area contributed by atoms with E-state index in [1.165, 1.54) is 0 Å². The van der Waals surface area contributed by atoms with Gasteiger partial charge in [-0.3, -0.25) is 15.1 Å². The summed E-state index contributed by atoms with van der Waals surface area (Å²) in [5.41, 5.74) is 4.69. The van der Waals surface area contributed by atoms with Crippen molar-refractivity contribution in [2.24, 2.45) is 5.92 Å². The summed E-state index contributed by atoms with van der Waals surface area (Å²) in [5.74, 6) is -0.198. The molecule has 3 rings (SSSR count). The summed E-state index contributed by atoms with van der Waals surface area (Å²) in [4.78, 5) is 30.7. The standard InChI is InChI=1S/C26H32N2O4/c1-3-31-25(30)26(17-22-12-8-5-9-13-22)18-23(28-32-26)16-20(2)19-27-24(29)15-14-21-10-6-4-7-11-21/h4-13,18,20,28H,3,14-17,19H2,1-2H3,(H,27,29). The Balaban J connectivity index is 1.53. The van der Waals surface area contributed by atoms with Gasteiger partial charge < -0.3 is 10.1 Å². The molecular weight excluding hydrogens is 404 g/mol. The maximum absolute atomic E-state index is 12.7. The van der Waals surface area contributed by atoms with Gasteiger partial charge in [0.15, 0.2) is 0 Å². The molecule has 32 heavy (non-hydrogen) atoms. The average Bonchev–Trinajstić information content (AvgIpc) is 3.21. The molecule has 2 aromatic carbocycles. The molecule has 1 aliphatic heterocycles. The lowest BCUT2D eigenvalue weighted by atomic mass is 9.92. The van der Waals surface area contributed by atoms with Gasteiger partial charge in [0.2, 0.25) is 11.5 Å². The number of hydroxylamine groups is 1. The maximum Gasteiger partial charge on any atom is 0.345 e. The number of aryl methyl sites for hydroxylation is 1. The number of esters is 1. The van der Waals surface area contributed by atoms with E-state index in [4.69, 9.17) is 9.57 Å². The third-order valence-electron chi connectivity index (χ3n) is 5.40. The molecule has 0 aromatic heterocycles. The van der Waals surface area contributed by atoms with E-state index in [0.717, 1.165) is 23.2 Å². The summed E-state index contributed by atoms with van der Waals surface area (Å²) in [5, 5.41) is 3.00. The van der Waals surface area contributed by atoms with Crippen molar-refractivity contribution in [3.05, 3.63) is 83.6 Å². The van der Waals surface area contributed by atoms with Crippen LogP contribution in [0.4, 0.5) is 0 Å². The van der Waals surface area contributed by atoms with Crippen molar-refractivity contribution in [3.8, 4) is 0 Å². The first-order chi connectivity index (χ1) is 15.5. The number of hydrogen-bond donors (Lipinski definition) is 2. The van der Waals surface area contributed by atoms with Gasteiger partial charge in [-0.05, 0) is 42.9 Å². The van der Waals surface area contributed by atoms with Crippen molar-refractivity contribution >= 4 is 11.9 Å². The average molecular weight is 437 g/mol. The Kier molecular flexibility index (Phi) is 8.45. The van der Waals surface area contributed by atoms with Gasteiger partial charge in [0, 0.05) is 25.1 Å². The smallest absolute Gasteiger partial charge is 0.345 e. The van der Waals surface area contributed by atoms with E-state index in [-0.39, 0.29) is 18.4 Å². The number of allylic oxidation sites excluding steroid dienone is 1. The molecule has 6 heteroatoms. The van der Waals surface area contributed by atoms with Crippen LogP contribution in [-0.2, 0) is 32.0 Å². The Bertz CT molecular complexity index is 914. The fourth-order valence-electron chi connectivity index (χ4n) is 3.74. The van der Waals surface area contributed by atoms with Gasteiger partial charge in [-0.1, -0.05) is 67.6 Å². The van der Waals surface area contributed by atoms with Crippen LogP contribution in [0.3, 0.4) is 0 Å².